The number of nitrogens with zero attached hydrogens (tertiary/aromatic N) is 1. The fraction of sp³-hybridized carbons (Fsp3) is 0.300. The average Bonchev–Trinajstić information content (AvgIpc) is 2.55. The van der Waals surface area contributed by atoms with E-state index in [1.54, 1.807) is 7.11 Å². The standard InChI is InChI=1S/C20H25NO/c1-17(2)20(19-14-8-5-9-15-19)21(22-3)16-10-13-18-11-6-4-7-12-18/h4-15,17,20H,16H2,1-3H3. The van der Waals surface area contributed by atoms with Crippen molar-refractivity contribution >= 4 is 6.08 Å². The minimum Gasteiger partial charge on any atom is -0.301 e. The molecule has 0 aromatic heterocycles. The third kappa shape index (κ3) is 4.55. The van der Waals surface area contributed by atoms with Crippen LogP contribution in [0.3, 0.4) is 0 Å². The normalized spacial score (nSPS) is 13.1. The lowest BCUT2D eigenvalue weighted by Crippen LogP contribution is -2.31. The number of hydroxylamine groups is 2. The first-order chi connectivity index (χ1) is 10.7. The summed E-state index contributed by atoms with van der Waals surface area (Å²) in [4.78, 5) is 5.65. The van der Waals surface area contributed by atoms with Gasteiger partial charge >= 0.3 is 0 Å². The summed E-state index contributed by atoms with van der Waals surface area (Å²) in [5, 5.41) is 2.04. The van der Waals surface area contributed by atoms with Gasteiger partial charge in [0.2, 0.25) is 0 Å². The lowest BCUT2D eigenvalue weighted by atomic mass is 9.95. The van der Waals surface area contributed by atoms with Gasteiger partial charge in [0.15, 0.2) is 0 Å². The van der Waals surface area contributed by atoms with E-state index < -0.39 is 0 Å². The molecular weight excluding hydrogens is 270 g/mol. The maximum absolute atomic E-state index is 5.65. The van der Waals surface area contributed by atoms with Crippen LogP contribution in [0.2, 0.25) is 0 Å². The van der Waals surface area contributed by atoms with E-state index in [1.807, 2.05) is 17.2 Å². The largest absolute Gasteiger partial charge is 0.301 e. The molecule has 1 atom stereocenters. The van der Waals surface area contributed by atoms with Gasteiger partial charge in [0.1, 0.15) is 0 Å². The van der Waals surface area contributed by atoms with Gasteiger partial charge in [-0.3, -0.25) is 0 Å². The van der Waals surface area contributed by atoms with E-state index in [2.05, 4.69) is 74.5 Å². The van der Waals surface area contributed by atoms with Crippen LogP contribution in [0.1, 0.15) is 31.0 Å². The van der Waals surface area contributed by atoms with E-state index in [0.717, 1.165) is 6.54 Å². The Morgan fingerprint density at radius 1 is 0.955 bits per heavy atom. The highest BCUT2D eigenvalue weighted by Gasteiger charge is 2.22. The Bertz CT molecular complexity index is 563. The molecule has 2 rings (SSSR count). The zero-order chi connectivity index (χ0) is 15.8. The van der Waals surface area contributed by atoms with Gasteiger partial charge < -0.3 is 4.84 Å². The van der Waals surface area contributed by atoms with Crippen molar-refractivity contribution in [1.82, 2.24) is 5.06 Å². The smallest absolute Gasteiger partial charge is 0.0628 e. The minimum atomic E-state index is 0.242. The molecule has 0 aliphatic rings. The maximum atomic E-state index is 5.65. The second kappa shape index (κ2) is 8.52. The van der Waals surface area contributed by atoms with Gasteiger partial charge in [-0.15, -0.1) is 0 Å². The van der Waals surface area contributed by atoms with Crippen molar-refractivity contribution in [2.75, 3.05) is 13.7 Å². The van der Waals surface area contributed by atoms with E-state index in [4.69, 9.17) is 4.84 Å². The summed E-state index contributed by atoms with van der Waals surface area (Å²) in [6.45, 7) is 5.21. The molecule has 0 aliphatic heterocycles. The quantitative estimate of drug-likeness (QED) is 0.669. The average molecular weight is 295 g/mol. The maximum Gasteiger partial charge on any atom is 0.0628 e. The summed E-state index contributed by atoms with van der Waals surface area (Å²) < 4.78 is 0. The molecule has 22 heavy (non-hydrogen) atoms. The summed E-state index contributed by atoms with van der Waals surface area (Å²) in [7, 11) is 1.74. The van der Waals surface area contributed by atoms with Gasteiger partial charge in [-0.05, 0) is 17.0 Å². The molecular formula is C20H25NO. The van der Waals surface area contributed by atoms with Crippen LogP contribution >= 0.6 is 0 Å². The Morgan fingerprint density at radius 2 is 1.55 bits per heavy atom. The predicted octanol–water partition coefficient (Wildman–Crippen LogP) is 4.96. The molecule has 2 nitrogen and oxygen atoms in total. The molecule has 0 radical (unpaired) electrons. The van der Waals surface area contributed by atoms with Gasteiger partial charge in [-0.25, -0.2) is 0 Å². The number of hydrogen-bond acceptors (Lipinski definition) is 2. The van der Waals surface area contributed by atoms with Gasteiger partial charge in [0.05, 0.1) is 13.2 Å². The van der Waals surface area contributed by atoms with Crippen LogP contribution in [0.4, 0.5) is 0 Å². The Balaban J connectivity index is 2.09. The second-order valence-electron chi connectivity index (χ2n) is 5.69. The Morgan fingerprint density at radius 3 is 2.09 bits per heavy atom. The van der Waals surface area contributed by atoms with Crippen molar-refractivity contribution in [3.8, 4) is 0 Å². The lowest BCUT2D eigenvalue weighted by Gasteiger charge is -2.32. The van der Waals surface area contributed by atoms with E-state index in [1.165, 1.54) is 11.1 Å². The zero-order valence-corrected chi connectivity index (χ0v) is 13.6. The molecule has 0 amide bonds. The molecule has 0 fully saturated rings. The molecule has 2 heteroatoms. The van der Waals surface area contributed by atoms with E-state index >= 15 is 0 Å². The molecule has 0 saturated heterocycles. The fourth-order valence-corrected chi connectivity index (χ4v) is 2.69. The molecule has 2 aromatic rings. The molecule has 0 heterocycles. The van der Waals surface area contributed by atoms with Gasteiger partial charge in [0, 0.05) is 6.54 Å². The van der Waals surface area contributed by atoms with Crippen LogP contribution in [-0.2, 0) is 4.84 Å². The van der Waals surface area contributed by atoms with E-state index in [9.17, 15) is 0 Å². The van der Waals surface area contributed by atoms with E-state index in [0.29, 0.717) is 5.92 Å². The molecule has 0 N–H and O–H groups in total. The van der Waals surface area contributed by atoms with Crippen molar-refractivity contribution in [3.05, 3.63) is 77.9 Å². The van der Waals surface area contributed by atoms with Crippen LogP contribution in [0.25, 0.3) is 6.08 Å². The van der Waals surface area contributed by atoms with Gasteiger partial charge in [-0.1, -0.05) is 86.7 Å². The van der Waals surface area contributed by atoms with Gasteiger partial charge in [-0.2, -0.15) is 5.06 Å². The summed E-state index contributed by atoms with van der Waals surface area (Å²) in [5.74, 6) is 0.465. The number of hydrogen-bond donors (Lipinski definition) is 0. The third-order valence-electron chi connectivity index (χ3n) is 3.71. The number of benzene rings is 2. The molecule has 0 saturated carbocycles. The first kappa shape index (κ1) is 16.5. The lowest BCUT2D eigenvalue weighted by molar-refractivity contribution is -0.165. The van der Waals surface area contributed by atoms with Crippen molar-refractivity contribution in [2.45, 2.75) is 19.9 Å². The summed E-state index contributed by atoms with van der Waals surface area (Å²) >= 11 is 0. The van der Waals surface area contributed by atoms with Crippen molar-refractivity contribution in [3.63, 3.8) is 0 Å². The molecule has 0 aliphatic carbocycles. The van der Waals surface area contributed by atoms with Crippen LogP contribution in [0.5, 0.6) is 0 Å². The second-order valence-corrected chi connectivity index (χ2v) is 5.69. The Hall–Kier alpha value is -1.90. The molecule has 0 spiro atoms. The number of rotatable bonds is 7. The highest BCUT2D eigenvalue weighted by Crippen LogP contribution is 2.28. The minimum absolute atomic E-state index is 0.242. The van der Waals surface area contributed by atoms with Crippen LogP contribution in [-0.4, -0.2) is 18.7 Å². The molecule has 2 aromatic carbocycles. The monoisotopic (exact) mass is 295 g/mol. The van der Waals surface area contributed by atoms with Gasteiger partial charge in [0.25, 0.3) is 0 Å². The van der Waals surface area contributed by atoms with Crippen molar-refractivity contribution in [2.24, 2.45) is 5.92 Å². The first-order valence-electron chi connectivity index (χ1n) is 7.79. The van der Waals surface area contributed by atoms with Crippen molar-refractivity contribution < 1.29 is 4.84 Å². The van der Waals surface area contributed by atoms with Crippen LogP contribution in [0.15, 0.2) is 66.7 Å². The predicted molar refractivity (Wildman–Crippen MR) is 93.2 cm³/mol. The SMILES string of the molecule is CON(CC=Cc1ccccc1)C(c1ccccc1)C(C)C. The Labute approximate surface area is 134 Å². The fourth-order valence-electron chi connectivity index (χ4n) is 2.69. The topological polar surface area (TPSA) is 12.5 Å². The summed E-state index contributed by atoms with van der Waals surface area (Å²) in [6.07, 6.45) is 4.28. The molecule has 116 valence electrons. The summed E-state index contributed by atoms with van der Waals surface area (Å²) in [5.41, 5.74) is 2.49. The van der Waals surface area contributed by atoms with Crippen LogP contribution in [0, 0.1) is 5.92 Å². The van der Waals surface area contributed by atoms with Crippen molar-refractivity contribution in [1.29, 1.82) is 0 Å². The van der Waals surface area contributed by atoms with Crippen LogP contribution < -0.4 is 0 Å². The third-order valence-corrected chi connectivity index (χ3v) is 3.71. The zero-order valence-electron chi connectivity index (χ0n) is 13.6. The first-order valence-corrected chi connectivity index (χ1v) is 7.79. The Kier molecular flexibility index (Phi) is 6.38. The molecule has 0 bridgehead atoms. The highest BCUT2D eigenvalue weighted by molar-refractivity contribution is 5.48. The molecule has 1 unspecified atom stereocenters. The highest BCUT2D eigenvalue weighted by atomic mass is 16.7. The van der Waals surface area contributed by atoms with E-state index in [-0.39, 0.29) is 6.04 Å². The summed E-state index contributed by atoms with van der Waals surface area (Å²) in [6, 6.07) is 21.1.